The maximum Gasteiger partial charge on any atom is 0.472 e. The smallest absolute Gasteiger partial charge is 0.364 e. The van der Waals surface area contributed by atoms with Gasteiger partial charge in [-0.3, -0.25) is 27.1 Å². The van der Waals surface area contributed by atoms with Crippen LogP contribution in [0, 0.1) is 11.8 Å². The number of hydrogen-bond donors (Lipinski definition) is 8. The van der Waals surface area contributed by atoms with E-state index < -0.39 is 80.2 Å². The topological polar surface area (TPSA) is 269 Å². The molecular formula is C24H54BFN2O16P4. The van der Waals surface area contributed by atoms with Gasteiger partial charge in [-0.15, -0.1) is 4.48 Å². The summed E-state index contributed by atoms with van der Waals surface area (Å²) in [7, 11) is -13.8. The van der Waals surface area contributed by atoms with Crippen LogP contribution in [-0.4, -0.2) is 87.1 Å². The molecular weight excluding hydrogens is 726 g/mol. The Morgan fingerprint density at radius 3 is 1.69 bits per heavy atom. The Labute approximate surface area is 283 Å². The summed E-state index contributed by atoms with van der Waals surface area (Å²) < 4.78 is 91.7. The lowest BCUT2D eigenvalue weighted by Gasteiger charge is -2.35. The maximum atomic E-state index is 13.0. The number of rotatable bonds is 29. The van der Waals surface area contributed by atoms with Crippen molar-refractivity contribution in [2.24, 2.45) is 11.8 Å². The van der Waals surface area contributed by atoms with Gasteiger partial charge in [0.1, 0.15) is 0 Å². The third-order valence-corrected chi connectivity index (χ3v) is 11.1. The second-order valence-electron chi connectivity index (χ2n) is 12.0. The molecule has 0 fully saturated rings. The summed E-state index contributed by atoms with van der Waals surface area (Å²) in [6.45, 7) is 7.72. The van der Waals surface area contributed by atoms with E-state index in [2.05, 4.69) is 9.75 Å². The van der Waals surface area contributed by atoms with Gasteiger partial charge in [0.15, 0.2) is 7.98 Å². The fourth-order valence-corrected chi connectivity index (χ4v) is 8.09. The molecule has 8 N–H and O–H groups in total. The molecule has 2 radical (unpaired) electrons. The lowest BCUT2D eigenvalue weighted by Crippen LogP contribution is -2.36. The standard InChI is InChI=1S/C24H54BFN2O16P4/c1-7-22(27-25)14-20(16-40-45(29,30)31)15-23(6,8-2)43-47(35,36)39-12-11-24(9-3,10-4)44-48(37,38)42-18-21(13-19(5)28-26)17-41-46(32,33)34/h19-22,27-28H,7-18H2,1-6H3,(H,35,36)(H,37,38)(H2,29,30,31)(H2,32,33,34). The molecule has 0 spiro atoms. The van der Waals surface area contributed by atoms with Crippen LogP contribution in [0.3, 0.4) is 0 Å². The molecule has 18 nitrogen and oxygen atoms in total. The van der Waals surface area contributed by atoms with Crippen molar-refractivity contribution in [3.63, 3.8) is 0 Å². The first-order valence-corrected chi connectivity index (χ1v) is 21.5. The molecule has 0 aliphatic heterocycles. The summed E-state index contributed by atoms with van der Waals surface area (Å²) in [6.07, 6.45) is 1.14. The van der Waals surface area contributed by atoms with Crippen LogP contribution < -0.4 is 10.8 Å². The molecule has 0 bridgehead atoms. The van der Waals surface area contributed by atoms with Crippen molar-refractivity contribution in [1.82, 2.24) is 10.8 Å². The molecule has 7 unspecified atom stereocenters. The van der Waals surface area contributed by atoms with Crippen LogP contribution in [0.5, 0.6) is 0 Å². The number of phosphoric ester groups is 4. The Morgan fingerprint density at radius 2 is 1.25 bits per heavy atom. The van der Waals surface area contributed by atoms with Gasteiger partial charge in [-0.05, 0) is 70.8 Å². The Morgan fingerprint density at radius 1 is 0.750 bits per heavy atom. The summed E-state index contributed by atoms with van der Waals surface area (Å²) in [4.78, 5) is 57.4. The average Bonchev–Trinajstić information content (AvgIpc) is 2.97. The van der Waals surface area contributed by atoms with E-state index in [1.165, 1.54) is 19.4 Å². The molecule has 286 valence electrons. The first kappa shape index (κ1) is 48.4. The van der Waals surface area contributed by atoms with Gasteiger partial charge < -0.3 is 34.6 Å². The SMILES string of the molecule is [B]NC(CC)CC(COP(=O)(O)O)CC(C)(CC)OP(=O)(O)OCCC(CC)(CC)OP(=O)(O)OCC(COP(=O)(O)O)CC(C)NF. The Kier molecular flexibility index (Phi) is 21.9. The second-order valence-corrected chi connectivity index (χ2v) is 17.2. The molecule has 0 amide bonds. The number of phosphoric acid groups is 4. The zero-order chi connectivity index (χ0) is 37.5. The van der Waals surface area contributed by atoms with Gasteiger partial charge in [0.05, 0.1) is 37.6 Å². The Bertz CT molecular complexity index is 1110. The molecule has 0 aliphatic carbocycles. The Hall–Kier alpha value is 0.355. The summed E-state index contributed by atoms with van der Waals surface area (Å²) in [5, 5.41) is 2.61. The average molecular weight is 780 g/mol. The highest BCUT2D eigenvalue weighted by atomic mass is 31.2. The van der Waals surface area contributed by atoms with Crippen molar-refractivity contribution < 1.29 is 79.2 Å². The normalized spacial score (nSPS) is 19.5. The molecule has 7 atom stereocenters. The van der Waals surface area contributed by atoms with Crippen LogP contribution in [0.4, 0.5) is 4.48 Å². The van der Waals surface area contributed by atoms with E-state index in [1.807, 2.05) is 6.92 Å². The summed E-state index contributed by atoms with van der Waals surface area (Å²) in [5.41, 5.74) is -1.25. The molecule has 24 heteroatoms. The number of nitrogens with one attached hydrogen (secondary N) is 2. The van der Waals surface area contributed by atoms with Crippen molar-refractivity contribution >= 4 is 39.3 Å². The minimum absolute atomic E-state index is 0.0396. The zero-order valence-corrected chi connectivity index (χ0v) is 31.9. The van der Waals surface area contributed by atoms with Gasteiger partial charge in [-0.2, -0.15) is 5.54 Å². The molecule has 0 saturated carbocycles. The molecule has 0 rings (SSSR count). The first-order valence-electron chi connectivity index (χ1n) is 15.5. The lowest BCUT2D eigenvalue weighted by molar-refractivity contribution is -0.0187. The first-order chi connectivity index (χ1) is 21.9. The van der Waals surface area contributed by atoms with Gasteiger partial charge in [0.25, 0.3) is 0 Å². The van der Waals surface area contributed by atoms with Crippen molar-refractivity contribution in [2.45, 2.75) is 116 Å². The van der Waals surface area contributed by atoms with Crippen LogP contribution >= 0.6 is 31.3 Å². The van der Waals surface area contributed by atoms with Crippen LogP contribution in [-0.2, 0) is 45.4 Å². The predicted molar refractivity (Wildman–Crippen MR) is 174 cm³/mol. The summed E-state index contributed by atoms with van der Waals surface area (Å²) in [6, 6.07) is -1.05. The molecule has 0 heterocycles. The monoisotopic (exact) mass is 780 g/mol. The van der Waals surface area contributed by atoms with E-state index in [1.54, 1.807) is 20.8 Å². The quantitative estimate of drug-likeness (QED) is 0.0298. The fraction of sp³-hybridized carbons (Fsp3) is 1.00. The Balaban J connectivity index is 5.57. The maximum absolute atomic E-state index is 13.0. The minimum Gasteiger partial charge on any atom is -0.364 e. The van der Waals surface area contributed by atoms with E-state index in [0.717, 1.165) is 0 Å². The van der Waals surface area contributed by atoms with Crippen molar-refractivity contribution in [2.75, 3.05) is 26.4 Å². The largest absolute Gasteiger partial charge is 0.472 e. The fourth-order valence-electron chi connectivity index (χ4n) is 4.86. The van der Waals surface area contributed by atoms with Gasteiger partial charge in [0, 0.05) is 18.4 Å². The third-order valence-electron chi connectivity index (χ3n) is 7.86. The number of hydrogen-bond acceptors (Lipinski definition) is 12. The summed E-state index contributed by atoms with van der Waals surface area (Å²) in [5.74, 6) is -1.48. The van der Waals surface area contributed by atoms with Crippen LogP contribution in [0.25, 0.3) is 0 Å². The van der Waals surface area contributed by atoms with Gasteiger partial charge in [-0.25, -0.2) is 18.3 Å². The van der Waals surface area contributed by atoms with E-state index in [4.69, 9.17) is 40.4 Å². The summed E-state index contributed by atoms with van der Waals surface area (Å²) >= 11 is 0. The van der Waals surface area contributed by atoms with E-state index >= 15 is 0 Å². The van der Waals surface area contributed by atoms with Crippen LogP contribution in [0.1, 0.15) is 92.9 Å². The van der Waals surface area contributed by atoms with E-state index in [0.29, 0.717) is 12.8 Å². The van der Waals surface area contributed by atoms with Crippen LogP contribution in [0.15, 0.2) is 0 Å². The highest BCUT2D eigenvalue weighted by molar-refractivity contribution is 7.47. The van der Waals surface area contributed by atoms with E-state index in [9.17, 15) is 42.3 Å². The highest BCUT2D eigenvalue weighted by Crippen LogP contribution is 2.53. The number of halogens is 1. The zero-order valence-electron chi connectivity index (χ0n) is 28.3. The molecule has 0 aromatic rings. The van der Waals surface area contributed by atoms with Crippen molar-refractivity contribution in [3.8, 4) is 0 Å². The minimum atomic E-state index is -4.89. The third kappa shape index (κ3) is 21.7. The van der Waals surface area contributed by atoms with Crippen LogP contribution in [0.2, 0.25) is 0 Å². The predicted octanol–water partition coefficient (Wildman–Crippen LogP) is 4.31. The van der Waals surface area contributed by atoms with Gasteiger partial charge >= 0.3 is 31.3 Å². The molecule has 0 aliphatic rings. The van der Waals surface area contributed by atoms with Crippen molar-refractivity contribution in [3.05, 3.63) is 0 Å². The molecule has 0 aromatic carbocycles. The second kappa shape index (κ2) is 21.8. The van der Waals surface area contributed by atoms with Crippen molar-refractivity contribution in [1.29, 1.82) is 0 Å². The lowest BCUT2D eigenvalue weighted by atomic mass is 9.86. The molecule has 48 heavy (non-hydrogen) atoms. The molecule has 0 aromatic heterocycles. The van der Waals surface area contributed by atoms with Gasteiger partial charge in [-0.1, -0.05) is 27.7 Å². The van der Waals surface area contributed by atoms with Gasteiger partial charge in [0.2, 0.25) is 0 Å². The van der Waals surface area contributed by atoms with E-state index in [-0.39, 0.29) is 51.2 Å². The molecule has 0 saturated heterocycles. The highest BCUT2D eigenvalue weighted by Gasteiger charge is 2.41.